The minimum Gasteiger partial charge on any atom is -0.462 e. The van der Waals surface area contributed by atoms with Crippen LogP contribution in [-0.4, -0.2) is 52.0 Å². The Bertz CT molecular complexity index is 983. The molecule has 7 heteroatoms. The molecule has 208 valence electrons. The second-order valence-electron chi connectivity index (χ2n) is 14.3. The van der Waals surface area contributed by atoms with Crippen molar-refractivity contribution in [2.24, 2.45) is 45.7 Å². The Morgan fingerprint density at radius 3 is 2.35 bits per heavy atom. The molecule has 7 nitrogen and oxygen atoms in total. The molecule has 1 amide bonds. The molecule has 5 aliphatic rings. The maximum absolute atomic E-state index is 12.6. The lowest BCUT2D eigenvalue weighted by molar-refractivity contribution is -0.253. The van der Waals surface area contributed by atoms with Crippen LogP contribution in [0.4, 0.5) is 0 Å². The molecule has 10 atom stereocenters. The molecule has 1 aliphatic heterocycles. The van der Waals surface area contributed by atoms with Gasteiger partial charge in [-0.05, 0) is 86.9 Å². The molecular formula is C30H48N2O5. The first-order valence-corrected chi connectivity index (χ1v) is 14.6. The number of hydrogen-bond acceptors (Lipinski definition) is 6. The molecule has 0 aromatic heterocycles. The van der Waals surface area contributed by atoms with Gasteiger partial charge < -0.3 is 26.0 Å². The van der Waals surface area contributed by atoms with Gasteiger partial charge in [-0.1, -0.05) is 40.7 Å². The average molecular weight is 517 g/mol. The fourth-order valence-corrected chi connectivity index (χ4v) is 9.80. The number of esters is 1. The second kappa shape index (κ2) is 8.79. The van der Waals surface area contributed by atoms with Gasteiger partial charge in [0.1, 0.15) is 6.61 Å². The third-order valence-electron chi connectivity index (χ3n) is 12.3. The van der Waals surface area contributed by atoms with Gasteiger partial charge in [0.15, 0.2) is 0 Å². The summed E-state index contributed by atoms with van der Waals surface area (Å²) in [6.07, 6.45) is 10.8. The van der Waals surface area contributed by atoms with E-state index in [0.29, 0.717) is 19.4 Å². The lowest BCUT2D eigenvalue weighted by Crippen LogP contribution is -2.68. The highest BCUT2D eigenvalue weighted by Crippen LogP contribution is 2.71. The summed E-state index contributed by atoms with van der Waals surface area (Å²) in [7, 11) is 0. The number of fused-ring (bicyclic) bond motifs is 5. The van der Waals surface area contributed by atoms with Crippen LogP contribution in [0, 0.1) is 39.9 Å². The third-order valence-corrected chi connectivity index (χ3v) is 12.3. The van der Waals surface area contributed by atoms with Crippen molar-refractivity contribution in [1.82, 2.24) is 5.32 Å². The van der Waals surface area contributed by atoms with Crippen molar-refractivity contribution >= 4 is 11.9 Å². The van der Waals surface area contributed by atoms with Crippen molar-refractivity contribution in [3.8, 4) is 0 Å². The number of carbonyl (C=O) groups excluding carboxylic acids is 2. The zero-order valence-electron chi connectivity index (χ0n) is 23.4. The van der Waals surface area contributed by atoms with Crippen LogP contribution >= 0.6 is 0 Å². The average Bonchev–Trinajstić information content (AvgIpc) is 3.13. The van der Waals surface area contributed by atoms with Crippen LogP contribution in [0.15, 0.2) is 12.2 Å². The Morgan fingerprint density at radius 1 is 1.03 bits per heavy atom. The molecule has 0 bridgehead atoms. The van der Waals surface area contributed by atoms with Crippen LogP contribution in [0.5, 0.6) is 0 Å². The molecule has 0 radical (unpaired) electrons. The number of nitrogens with two attached hydrogens (primary N) is 1. The van der Waals surface area contributed by atoms with Crippen molar-refractivity contribution in [3.63, 3.8) is 0 Å². The van der Waals surface area contributed by atoms with E-state index >= 15 is 0 Å². The van der Waals surface area contributed by atoms with Gasteiger partial charge in [0.05, 0.1) is 17.2 Å². The summed E-state index contributed by atoms with van der Waals surface area (Å²) >= 11 is 0. The molecule has 0 saturated heterocycles. The van der Waals surface area contributed by atoms with Gasteiger partial charge in [-0.3, -0.25) is 4.79 Å². The Labute approximate surface area is 222 Å². The summed E-state index contributed by atoms with van der Waals surface area (Å²) in [6.45, 7) is 10.9. The summed E-state index contributed by atoms with van der Waals surface area (Å²) in [6, 6.07) is -0.607. The van der Waals surface area contributed by atoms with Crippen molar-refractivity contribution < 1.29 is 24.5 Å². The van der Waals surface area contributed by atoms with Gasteiger partial charge >= 0.3 is 5.97 Å². The quantitative estimate of drug-likeness (QED) is 0.425. The van der Waals surface area contributed by atoms with Crippen LogP contribution in [0.3, 0.4) is 0 Å². The maximum atomic E-state index is 12.6. The molecule has 0 spiro atoms. The number of ether oxygens (including phenoxy) is 1. The van der Waals surface area contributed by atoms with E-state index in [0.717, 1.165) is 44.9 Å². The molecule has 5 rings (SSSR count). The number of amides is 1. The summed E-state index contributed by atoms with van der Waals surface area (Å²) < 4.78 is 5.46. The van der Waals surface area contributed by atoms with Crippen molar-refractivity contribution in [2.75, 3.05) is 6.61 Å². The predicted molar refractivity (Wildman–Crippen MR) is 141 cm³/mol. The summed E-state index contributed by atoms with van der Waals surface area (Å²) in [5.41, 5.74) is 3.60. The lowest BCUT2D eigenvalue weighted by Gasteiger charge is -2.66. The number of hydrogen-bond donors (Lipinski definition) is 4. The maximum Gasteiger partial charge on any atom is 0.330 e. The van der Waals surface area contributed by atoms with E-state index in [1.165, 1.54) is 0 Å². The Balaban J connectivity index is 1.36. The summed E-state index contributed by atoms with van der Waals surface area (Å²) in [4.78, 5) is 24.4. The van der Waals surface area contributed by atoms with E-state index < -0.39 is 17.2 Å². The molecule has 4 aliphatic carbocycles. The standard InChI is InChI=1S/C30H48N2O5/c1-18(2)24(31)25(34)32-19-6-12-27(4)20-7-13-28(5)22(26(3)11-10-23(33)37-17-26)9-15-30(28,36)21(20)8-14-29(27,35)16-19/h10-11,18-22,24,35-36H,6-9,12-17,31H2,1-5H3,(H,32,34)/t19?,20-,21+,22+,24+,26?,27+,28+,29-,30-/m0/s1. The Kier molecular flexibility index (Phi) is 6.44. The highest BCUT2D eigenvalue weighted by atomic mass is 16.5. The van der Waals surface area contributed by atoms with Crippen LogP contribution < -0.4 is 11.1 Å². The molecule has 4 fully saturated rings. The zero-order valence-corrected chi connectivity index (χ0v) is 23.4. The van der Waals surface area contributed by atoms with Crippen molar-refractivity contribution in [2.45, 2.75) is 116 Å². The lowest BCUT2D eigenvalue weighted by atomic mass is 9.41. The predicted octanol–water partition coefficient (Wildman–Crippen LogP) is 3.46. The van der Waals surface area contributed by atoms with Crippen molar-refractivity contribution in [1.29, 1.82) is 0 Å². The van der Waals surface area contributed by atoms with Crippen molar-refractivity contribution in [3.05, 3.63) is 12.2 Å². The normalized spacial score (nSPS) is 50.0. The number of carbonyl (C=O) groups is 2. The zero-order chi connectivity index (χ0) is 27.0. The van der Waals surface area contributed by atoms with E-state index in [9.17, 15) is 19.8 Å². The van der Waals surface area contributed by atoms with Gasteiger partial charge in [-0.2, -0.15) is 0 Å². The highest BCUT2D eigenvalue weighted by Gasteiger charge is 2.71. The second-order valence-corrected chi connectivity index (χ2v) is 14.3. The molecule has 0 aromatic rings. The number of cyclic esters (lactones) is 1. The molecule has 1 heterocycles. The molecule has 4 saturated carbocycles. The highest BCUT2D eigenvalue weighted by molar-refractivity contribution is 5.83. The number of rotatable bonds is 4. The summed E-state index contributed by atoms with van der Waals surface area (Å²) in [5, 5.41) is 27.8. The fraction of sp³-hybridized carbons (Fsp3) is 0.867. The first-order chi connectivity index (χ1) is 17.2. The van der Waals surface area contributed by atoms with Crippen LogP contribution in [0.1, 0.15) is 92.4 Å². The molecule has 5 N–H and O–H groups in total. The van der Waals surface area contributed by atoms with Gasteiger partial charge in [0.25, 0.3) is 0 Å². The van der Waals surface area contributed by atoms with Gasteiger partial charge in [-0.25, -0.2) is 4.79 Å². The van der Waals surface area contributed by atoms with E-state index in [1.54, 1.807) is 6.08 Å². The smallest absolute Gasteiger partial charge is 0.330 e. The van der Waals surface area contributed by atoms with E-state index in [-0.39, 0.29) is 57.8 Å². The largest absolute Gasteiger partial charge is 0.462 e. The third kappa shape index (κ3) is 3.85. The first-order valence-electron chi connectivity index (χ1n) is 14.6. The van der Waals surface area contributed by atoms with E-state index in [1.807, 2.05) is 19.9 Å². The van der Waals surface area contributed by atoms with Gasteiger partial charge in [-0.15, -0.1) is 0 Å². The molecular weight excluding hydrogens is 468 g/mol. The molecule has 0 aromatic carbocycles. The monoisotopic (exact) mass is 516 g/mol. The minimum atomic E-state index is -0.860. The van der Waals surface area contributed by atoms with E-state index in [4.69, 9.17) is 10.5 Å². The Morgan fingerprint density at radius 2 is 1.70 bits per heavy atom. The van der Waals surface area contributed by atoms with E-state index in [2.05, 4.69) is 26.1 Å². The van der Waals surface area contributed by atoms with Crippen LogP contribution in [0.2, 0.25) is 0 Å². The van der Waals surface area contributed by atoms with Crippen LogP contribution in [-0.2, 0) is 14.3 Å². The minimum absolute atomic E-state index is 0.0679. The van der Waals surface area contributed by atoms with Gasteiger partial charge in [0, 0.05) is 22.9 Å². The van der Waals surface area contributed by atoms with Gasteiger partial charge in [0.2, 0.25) is 5.91 Å². The van der Waals surface area contributed by atoms with Crippen LogP contribution in [0.25, 0.3) is 0 Å². The Hall–Kier alpha value is -1.44. The SMILES string of the molecule is CC(C)[C@@H](N)C(=O)NC1CC[C@]2(C)[C@H]3CC[C@]4(C)[C@@H](C5(C)C=CC(=O)OC5)CC[C@]4(O)[C@@H]3CC[C@]2(O)C1. The topological polar surface area (TPSA) is 122 Å². The fourth-order valence-electron chi connectivity index (χ4n) is 9.80. The number of aliphatic hydroxyl groups is 2. The first kappa shape index (κ1) is 27.1. The molecule has 2 unspecified atom stereocenters. The molecule has 37 heavy (non-hydrogen) atoms. The summed E-state index contributed by atoms with van der Waals surface area (Å²) in [5.74, 6) is 0.276. The number of nitrogens with one attached hydrogen (secondary N) is 1.